The number of halogens is 1. The highest BCUT2D eigenvalue weighted by Gasteiger charge is 2.18. The number of carbonyl (C=O) groups excluding carboxylic acids is 1. The first-order valence-corrected chi connectivity index (χ1v) is 8.48. The number of hydrogen-bond acceptors (Lipinski definition) is 6. The standard InChI is InChI=1S/C12H15FN2O4S2/c1-19-8-2-4-14-11(13)10(8)12(18)15-5-7-21-20-6-3-9(16)17/h2,4H,3,5-7H2,1H3,(H,15,18)(H,16,17). The lowest BCUT2D eigenvalue weighted by atomic mass is 10.2. The summed E-state index contributed by atoms with van der Waals surface area (Å²) in [5.74, 6) is -1.10. The van der Waals surface area contributed by atoms with Crippen molar-refractivity contribution in [3.05, 3.63) is 23.8 Å². The number of methoxy groups -OCH3 is 1. The van der Waals surface area contributed by atoms with Gasteiger partial charge in [0.25, 0.3) is 5.91 Å². The van der Waals surface area contributed by atoms with Crippen LogP contribution in [0.4, 0.5) is 4.39 Å². The van der Waals surface area contributed by atoms with Gasteiger partial charge in [0.05, 0.1) is 13.5 Å². The molecule has 0 aliphatic carbocycles. The molecule has 116 valence electrons. The van der Waals surface area contributed by atoms with Crippen molar-refractivity contribution in [2.24, 2.45) is 0 Å². The Kier molecular flexibility index (Phi) is 7.91. The van der Waals surface area contributed by atoms with Crippen LogP contribution in [0.5, 0.6) is 5.75 Å². The van der Waals surface area contributed by atoms with Crippen molar-refractivity contribution >= 4 is 33.5 Å². The number of aliphatic carboxylic acids is 1. The monoisotopic (exact) mass is 334 g/mol. The molecule has 1 aromatic rings. The maximum Gasteiger partial charge on any atom is 0.304 e. The van der Waals surface area contributed by atoms with E-state index in [9.17, 15) is 14.0 Å². The summed E-state index contributed by atoms with van der Waals surface area (Å²) in [7, 11) is 4.21. The summed E-state index contributed by atoms with van der Waals surface area (Å²) in [5.41, 5.74) is -0.219. The Balaban J connectivity index is 2.33. The van der Waals surface area contributed by atoms with Gasteiger partial charge in [-0.25, -0.2) is 4.98 Å². The fourth-order valence-corrected chi connectivity index (χ4v) is 3.22. The number of carboxylic acids is 1. The summed E-state index contributed by atoms with van der Waals surface area (Å²) in [4.78, 5) is 25.6. The van der Waals surface area contributed by atoms with E-state index in [1.54, 1.807) is 0 Å². The molecule has 9 heteroatoms. The fraction of sp³-hybridized carbons (Fsp3) is 0.417. The number of rotatable bonds is 9. The summed E-state index contributed by atoms with van der Waals surface area (Å²) >= 11 is 0. The molecule has 0 aromatic carbocycles. The van der Waals surface area contributed by atoms with Crippen molar-refractivity contribution < 1.29 is 23.8 Å². The second-order valence-corrected chi connectivity index (χ2v) is 6.42. The Hall–Kier alpha value is -1.48. The average molecular weight is 334 g/mol. The van der Waals surface area contributed by atoms with Gasteiger partial charge in [-0.3, -0.25) is 9.59 Å². The van der Waals surface area contributed by atoms with Crippen LogP contribution in [0.25, 0.3) is 0 Å². The molecular weight excluding hydrogens is 319 g/mol. The molecule has 1 heterocycles. The lowest BCUT2D eigenvalue weighted by Gasteiger charge is -2.09. The molecule has 6 nitrogen and oxygen atoms in total. The number of carbonyl (C=O) groups is 2. The Labute approximate surface area is 129 Å². The molecule has 0 saturated heterocycles. The van der Waals surface area contributed by atoms with E-state index in [1.807, 2.05) is 0 Å². The Morgan fingerprint density at radius 2 is 2.14 bits per heavy atom. The van der Waals surface area contributed by atoms with Gasteiger partial charge in [-0.05, 0) is 6.07 Å². The maximum absolute atomic E-state index is 13.5. The summed E-state index contributed by atoms with van der Waals surface area (Å²) in [5, 5.41) is 11.0. The van der Waals surface area contributed by atoms with Gasteiger partial charge >= 0.3 is 5.97 Å². The number of amides is 1. The first kappa shape index (κ1) is 17.6. The zero-order chi connectivity index (χ0) is 15.7. The van der Waals surface area contributed by atoms with Gasteiger partial charge in [-0.2, -0.15) is 4.39 Å². The summed E-state index contributed by atoms with van der Waals surface area (Å²) in [6.07, 6.45) is 1.32. The molecule has 0 atom stereocenters. The molecule has 0 saturated carbocycles. The molecular formula is C12H15FN2O4S2. The molecule has 0 unspecified atom stereocenters. The van der Waals surface area contributed by atoms with Crippen LogP contribution < -0.4 is 10.1 Å². The number of nitrogens with one attached hydrogen (secondary N) is 1. The lowest BCUT2D eigenvalue weighted by Crippen LogP contribution is -2.27. The molecule has 0 aliphatic heterocycles. The molecule has 21 heavy (non-hydrogen) atoms. The van der Waals surface area contributed by atoms with Gasteiger partial charge in [0.2, 0.25) is 5.95 Å². The highest BCUT2D eigenvalue weighted by Crippen LogP contribution is 2.21. The average Bonchev–Trinajstić information content (AvgIpc) is 2.45. The highest BCUT2D eigenvalue weighted by molar-refractivity contribution is 8.76. The predicted octanol–water partition coefficient (Wildman–Crippen LogP) is 1.82. The molecule has 1 rings (SSSR count). The quantitative estimate of drug-likeness (QED) is 0.404. The second kappa shape index (κ2) is 9.46. The van der Waals surface area contributed by atoms with E-state index >= 15 is 0 Å². The molecule has 0 radical (unpaired) electrons. The van der Waals surface area contributed by atoms with Crippen LogP contribution in [0.1, 0.15) is 16.8 Å². The first-order chi connectivity index (χ1) is 10.1. The van der Waals surface area contributed by atoms with Gasteiger partial charge < -0.3 is 15.2 Å². The van der Waals surface area contributed by atoms with Crippen LogP contribution in [0.15, 0.2) is 12.3 Å². The minimum Gasteiger partial charge on any atom is -0.496 e. The number of carboxylic acid groups (broad SMARTS) is 1. The smallest absolute Gasteiger partial charge is 0.304 e. The largest absolute Gasteiger partial charge is 0.496 e. The SMILES string of the molecule is COc1ccnc(F)c1C(=O)NCCSSCCC(=O)O. The number of nitrogens with zero attached hydrogens (tertiary/aromatic N) is 1. The van der Waals surface area contributed by atoms with Gasteiger partial charge in [0, 0.05) is 24.2 Å². The van der Waals surface area contributed by atoms with Crippen molar-refractivity contribution in [1.82, 2.24) is 10.3 Å². The summed E-state index contributed by atoms with van der Waals surface area (Å²) in [6.45, 7) is 0.334. The first-order valence-electron chi connectivity index (χ1n) is 5.99. The third-order valence-corrected chi connectivity index (χ3v) is 4.68. The zero-order valence-corrected chi connectivity index (χ0v) is 12.9. The highest BCUT2D eigenvalue weighted by atomic mass is 33.1. The fourth-order valence-electron chi connectivity index (χ4n) is 1.34. The van der Waals surface area contributed by atoms with E-state index in [-0.39, 0.29) is 17.7 Å². The van der Waals surface area contributed by atoms with Crippen LogP contribution in [0.2, 0.25) is 0 Å². The molecule has 1 amide bonds. The third kappa shape index (κ3) is 6.21. The van der Waals surface area contributed by atoms with Gasteiger partial charge in [0.1, 0.15) is 11.3 Å². The van der Waals surface area contributed by atoms with Crippen LogP contribution in [-0.4, -0.2) is 47.1 Å². The molecule has 0 fully saturated rings. The Morgan fingerprint density at radius 1 is 1.43 bits per heavy atom. The van der Waals surface area contributed by atoms with Crippen LogP contribution in [-0.2, 0) is 4.79 Å². The van der Waals surface area contributed by atoms with E-state index < -0.39 is 17.8 Å². The minimum absolute atomic E-state index is 0.0993. The topological polar surface area (TPSA) is 88.5 Å². The number of aromatic nitrogens is 1. The van der Waals surface area contributed by atoms with Crippen molar-refractivity contribution in [3.8, 4) is 5.75 Å². The van der Waals surface area contributed by atoms with Crippen LogP contribution >= 0.6 is 21.6 Å². The zero-order valence-electron chi connectivity index (χ0n) is 11.3. The van der Waals surface area contributed by atoms with Crippen molar-refractivity contribution in [3.63, 3.8) is 0 Å². The van der Waals surface area contributed by atoms with Crippen LogP contribution in [0.3, 0.4) is 0 Å². The van der Waals surface area contributed by atoms with E-state index in [0.717, 1.165) is 0 Å². The predicted molar refractivity (Wildman–Crippen MR) is 80.2 cm³/mol. The van der Waals surface area contributed by atoms with E-state index in [2.05, 4.69) is 10.3 Å². The lowest BCUT2D eigenvalue weighted by molar-refractivity contribution is -0.136. The molecule has 1 aromatic heterocycles. The molecule has 0 bridgehead atoms. The molecule has 0 spiro atoms. The number of pyridine rings is 1. The number of ether oxygens (including phenoxy) is 1. The Morgan fingerprint density at radius 3 is 2.81 bits per heavy atom. The van der Waals surface area contributed by atoms with E-state index in [0.29, 0.717) is 18.1 Å². The maximum atomic E-state index is 13.5. The van der Waals surface area contributed by atoms with Crippen molar-refractivity contribution in [2.75, 3.05) is 25.2 Å². The normalized spacial score (nSPS) is 10.2. The number of hydrogen-bond donors (Lipinski definition) is 2. The van der Waals surface area contributed by atoms with E-state index in [1.165, 1.54) is 41.0 Å². The molecule has 0 aliphatic rings. The third-order valence-electron chi connectivity index (χ3n) is 2.27. The van der Waals surface area contributed by atoms with Gasteiger partial charge in [0.15, 0.2) is 0 Å². The van der Waals surface area contributed by atoms with E-state index in [4.69, 9.17) is 9.84 Å². The van der Waals surface area contributed by atoms with Gasteiger partial charge in [-0.1, -0.05) is 21.6 Å². The Bertz CT molecular complexity index is 502. The van der Waals surface area contributed by atoms with Crippen molar-refractivity contribution in [2.45, 2.75) is 6.42 Å². The van der Waals surface area contributed by atoms with Crippen molar-refractivity contribution in [1.29, 1.82) is 0 Å². The van der Waals surface area contributed by atoms with Crippen LogP contribution in [0, 0.1) is 5.95 Å². The second-order valence-electron chi connectivity index (χ2n) is 3.72. The molecule has 2 N–H and O–H groups in total. The summed E-state index contributed by atoms with van der Waals surface area (Å²) < 4.78 is 18.4. The van der Waals surface area contributed by atoms with Gasteiger partial charge in [-0.15, -0.1) is 0 Å². The minimum atomic E-state index is -0.879. The summed E-state index contributed by atoms with van der Waals surface area (Å²) in [6, 6.07) is 1.41.